The van der Waals surface area contributed by atoms with Crippen LogP contribution in [0.2, 0.25) is 0 Å². The van der Waals surface area contributed by atoms with Crippen molar-refractivity contribution in [2.24, 2.45) is 0 Å². The Bertz CT molecular complexity index is 176. The van der Waals surface area contributed by atoms with Crippen LogP contribution in [0.3, 0.4) is 0 Å². The van der Waals surface area contributed by atoms with Gasteiger partial charge >= 0.3 is 14.6 Å². The summed E-state index contributed by atoms with van der Waals surface area (Å²) in [5.74, 6) is -0.425. The Morgan fingerprint density at radius 3 is 2.55 bits per heavy atom. The topological polar surface area (TPSA) is 74.2 Å². The number of carbonyl (C=O) groups is 1. The average Bonchev–Trinajstić information content (AvgIpc) is 1.81. The molecule has 0 amide bonds. The van der Waals surface area contributed by atoms with Gasteiger partial charge in [0.1, 0.15) is 6.61 Å². The second-order valence-electron chi connectivity index (χ2n) is 2.02. The largest absolute Gasteiger partial charge is 0.592 e. The smallest absolute Gasteiger partial charge is 0.388 e. The van der Waals surface area contributed by atoms with Crippen molar-refractivity contribution in [1.82, 2.24) is 0 Å². The molecule has 6 nitrogen and oxygen atoms in total. The van der Waals surface area contributed by atoms with Crippen LogP contribution in [0, 0.1) is 0 Å². The molecule has 0 aromatic carbocycles. The number of carbonyl (C=O) groups excluding carboxylic acids is 1. The van der Waals surface area contributed by atoms with Gasteiger partial charge in [0, 0.05) is 0 Å². The molecule has 1 N–H and O–H groups in total. The lowest BCUT2D eigenvalue weighted by atomic mass is 10.5. The Balaban J connectivity index is 1.70. The highest BCUT2D eigenvalue weighted by atomic mass is 31.2. The third-order valence-electron chi connectivity index (χ3n) is 1.21. The lowest BCUT2D eigenvalue weighted by Crippen LogP contribution is -2.47. The molecule has 3 aliphatic heterocycles. The third-order valence-corrected chi connectivity index (χ3v) is 2.94. The van der Waals surface area contributed by atoms with Crippen molar-refractivity contribution in [2.75, 3.05) is 13.2 Å². The minimum atomic E-state index is -2.50. The molecule has 62 valence electrons. The van der Waals surface area contributed by atoms with Crippen LogP contribution in [0.15, 0.2) is 0 Å². The van der Waals surface area contributed by atoms with E-state index < -0.39 is 27.0 Å². The van der Waals surface area contributed by atoms with Crippen LogP contribution in [0.1, 0.15) is 0 Å². The summed E-state index contributed by atoms with van der Waals surface area (Å²) in [6, 6.07) is 0. The molecular formula is C4H6O6P+. The summed E-state index contributed by atoms with van der Waals surface area (Å²) in [6.07, 6.45) is 0. The number of hydrogen-bond acceptors (Lipinski definition) is 6. The maximum Gasteiger partial charge on any atom is 0.592 e. The summed E-state index contributed by atoms with van der Waals surface area (Å²) in [7, 11) is -2.50. The summed E-state index contributed by atoms with van der Waals surface area (Å²) in [5, 5.41) is 8.30. The predicted octanol–water partition coefficient (Wildman–Crippen LogP) is -0.397. The summed E-state index contributed by atoms with van der Waals surface area (Å²) >= 11 is 0. The van der Waals surface area contributed by atoms with Gasteiger partial charge in [-0.15, -0.1) is 4.52 Å². The normalized spacial score (nSPS) is 39.2. The predicted molar refractivity (Wildman–Crippen MR) is 32.0 cm³/mol. The summed E-state index contributed by atoms with van der Waals surface area (Å²) in [6.45, 7) is -1.34. The van der Waals surface area contributed by atoms with Crippen LogP contribution in [0.25, 0.3) is 0 Å². The number of Topliss-reactive ketones (excluding diaryl/α,β-unsaturated/α-hetero) is 1. The van der Waals surface area contributed by atoms with Crippen molar-refractivity contribution < 1.29 is 28.0 Å². The number of aliphatic hydroxyl groups is 1. The maximum atomic E-state index is 10.5. The third kappa shape index (κ3) is 1.18. The minimum Gasteiger partial charge on any atom is -0.388 e. The van der Waals surface area contributed by atoms with Crippen molar-refractivity contribution >= 4 is 14.0 Å². The van der Waals surface area contributed by atoms with Crippen LogP contribution >= 0.6 is 8.17 Å². The Labute approximate surface area is 62.7 Å². The van der Waals surface area contributed by atoms with E-state index in [0.717, 1.165) is 0 Å². The second kappa shape index (κ2) is 2.45. The molecule has 3 rings (SSSR count). The zero-order valence-corrected chi connectivity index (χ0v) is 6.32. The SMILES string of the molecule is O=C(CO)CO[P+]12OC(O1)O2. The average molecular weight is 181 g/mol. The van der Waals surface area contributed by atoms with E-state index >= 15 is 0 Å². The monoisotopic (exact) mass is 181 g/mol. The molecule has 0 saturated carbocycles. The standard InChI is InChI=1S/C4H6O6P/c5-1-3(6)2-7-11-8-4(9-11)10-11/h4-5H,1-2H2/q+1. The molecule has 0 spiro atoms. The molecule has 0 aliphatic carbocycles. The van der Waals surface area contributed by atoms with Crippen LogP contribution in [0.4, 0.5) is 0 Å². The second-order valence-corrected chi connectivity index (χ2v) is 3.81. The van der Waals surface area contributed by atoms with Crippen LogP contribution in [-0.2, 0) is 22.9 Å². The van der Waals surface area contributed by atoms with Gasteiger partial charge in [-0.3, -0.25) is 4.79 Å². The highest BCUT2D eigenvalue weighted by Crippen LogP contribution is 2.83. The van der Waals surface area contributed by atoms with E-state index in [1.54, 1.807) is 0 Å². The molecule has 0 aromatic heterocycles. The lowest BCUT2D eigenvalue weighted by molar-refractivity contribution is -0.356. The van der Waals surface area contributed by atoms with Crippen LogP contribution in [-0.4, -0.2) is 30.6 Å². The van der Waals surface area contributed by atoms with Gasteiger partial charge in [-0.05, 0) is 0 Å². The molecule has 3 saturated heterocycles. The summed E-state index contributed by atoms with van der Waals surface area (Å²) in [4.78, 5) is 10.5. The molecule has 3 fully saturated rings. The number of aliphatic hydroxyl groups excluding tert-OH is 1. The van der Waals surface area contributed by atoms with Crippen molar-refractivity contribution in [2.45, 2.75) is 6.48 Å². The first-order valence-corrected chi connectivity index (χ1v) is 4.41. The fraction of sp³-hybridized carbons (Fsp3) is 0.750. The quantitative estimate of drug-likeness (QED) is 0.595. The van der Waals surface area contributed by atoms with Crippen molar-refractivity contribution in [1.29, 1.82) is 0 Å². The first-order chi connectivity index (χ1) is 5.24. The number of rotatable bonds is 4. The Morgan fingerprint density at radius 1 is 1.55 bits per heavy atom. The van der Waals surface area contributed by atoms with Gasteiger partial charge in [0.25, 0.3) is 0 Å². The van der Waals surface area contributed by atoms with Gasteiger partial charge in [-0.2, -0.15) is 0 Å². The Morgan fingerprint density at radius 2 is 2.18 bits per heavy atom. The molecule has 2 bridgehead atoms. The van der Waals surface area contributed by atoms with Crippen molar-refractivity contribution in [3.05, 3.63) is 0 Å². The molecule has 0 aromatic rings. The molecule has 3 aliphatic rings. The van der Waals surface area contributed by atoms with E-state index in [-0.39, 0.29) is 6.61 Å². The van der Waals surface area contributed by atoms with E-state index in [4.69, 9.17) is 23.2 Å². The van der Waals surface area contributed by atoms with Crippen molar-refractivity contribution in [3.8, 4) is 0 Å². The summed E-state index contributed by atoms with van der Waals surface area (Å²) < 4.78 is 19.3. The van der Waals surface area contributed by atoms with Gasteiger partial charge < -0.3 is 5.11 Å². The van der Waals surface area contributed by atoms with Gasteiger partial charge in [0.05, 0.1) is 0 Å². The van der Waals surface area contributed by atoms with Gasteiger partial charge in [0.15, 0.2) is 12.4 Å². The van der Waals surface area contributed by atoms with E-state index in [0.29, 0.717) is 0 Å². The summed E-state index contributed by atoms with van der Waals surface area (Å²) in [5.41, 5.74) is 0. The van der Waals surface area contributed by atoms with E-state index in [1.807, 2.05) is 0 Å². The van der Waals surface area contributed by atoms with Gasteiger partial charge in [-0.1, -0.05) is 13.6 Å². The molecule has 0 atom stereocenters. The van der Waals surface area contributed by atoms with Gasteiger partial charge in [0.2, 0.25) is 0 Å². The number of ketones is 1. The molecule has 3 heterocycles. The van der Waals surface area contributed by atoms with Crippen molar-refractivity contribution in [3.63, 3.8) is 0 Å². The molecule has 0 radical (unpaired) electrons. The first-order valence-electron chi connectivity index (χ1n) is 2.95. The molecule has 0 unspecified atom stereocenters. The zero-order valence-electron chi connectivity index (χ0n) is 5.43. The fourth-order valence-corrected chi connectivity index (χ4v) is 1.79. The lowest BCUT2D eigenvalue weighted by Gasteiger charge is -2.39. The maximum absolute atomic E-state index is 10.5. The number of hydrogen-bond donors (Lipinski definition) is 1. The van der Waals surface area contributed by atoms with E-state index in [2.05, 4.69) is 0 Å². The first kappa shape index (κ1) is 7.54. The van der Waals surface area contributed by atoms with E-state index in [1.165, 1.54) is 0 Å². The van der Waals surface area contributed by atoms with Gasteiger partial charge in [-0.25, -0.2) is 0 Å². The highest BCUT2D eigenvalue weighted by Gasteiger charge is 2.82. The van der Waals surface area contributed by atoms with Crippen LogP contribution < -0.4 is 0 Å². The fourth-order valence-electron chi connectivity index (χ4n) is 0.628. The molecule has 7 heteroatoms. The van der Waals surface area contributed by atoms with E-state index in [9.17, 15) is 4.79 Å². The Hall–Kier alpha value is -0.100. The molecule has 11 heavy (non-hydrogen) atoms. The Kier molecular flexibility index (Phi) is 1.68. The highest BCUT2D eigenvalue weighted by molar-refractivity contribution is 7.59. The minimum absolute atomic E-state index is 0.225. The zero-order chi connectivity index (χ0) is 7.90. The van der Waals surface area contributed by atoms with Crippen LogP contribution in [0.5, 0.6) is 0 Å². The molecular weight excluding hydrogens is 175 g/mol.